The van der Waals surface area contributed by atoms with Gasteiger partial charge in [-0.05, 0) is 36.9 Å². The van der Waals surface area contributed by atoms with Gasteiger partial charge in [0.15, 0.2) is 17.0 Å². The van der Waals surface area contributed by atoms with E-state index < -0.39 is 8.07 Å². The lowest BCUT2D eigenvalue weighted by molar-refractivity contribution is -0.00216. The van der Waals surface area contributed by atoms with E-state index in [4.69, 9.17) is 20.2 Å². The maximum Gasteiger partial charge on any atom is 0.247 e. The van der Waals surface area contributed by atoms with E-state index in [9.17, 15) is 0 Å². The number of hydrogen-bond donors (Lipinski definition) is 1. The number of pyridine rings is 1. The number of nitrogens with two attached hydrogens (primary N) is 1. The van der Waals surface area contributed by atoms with E-state index >= 15 is 0 Å². The molecule has 2 N–H and O–H groups in total. The van der Waals surface area contributed by atoms with Crippen molar-refractivity contribution in [2.45, 2.75) is 64.7 Å². The molecule has 31 heavy (non-hydrogen) atoms. The number of aromatic nitrogens is 5. The summed E-state index contributed by atoms with van der Waals surface area (Å²) in [5.41, 5.74) is 8.07. The van der Waals surface area contributed by atoms with Gasteiger partial charge in [-0.15, -0.1) is 0 Å². The monoisotopic (exact) mass is 440 g/mol. The van der Waals surface area contributed by atoms with Crippen LogP contribution in [0.15, 0.2) is 24.4 Å². The van der Waals surface area contributed by atoms with Gasteiger partial charge in [0, 0.05) is 14.3 Å². The van der Waals surface area contributed by atoms with E-state index in [0.717, 1.165) is 24.6 Å². The number of ether oxygens (including phenoxy) is 2. The van der Waals surface area contributed by atoms with Gasteiger partial charge in [-0.25, -0.2) is 4.98 Å². The number of fused-ring (bicyclic) bond motifs is 1. The molecule has 0 aromatic carbocycles. The Morgan fingerprint density at radius 1 is 1.23 bits per heavy atom. The highest BCUT2D eigenvalue weighted by atomic mass is 28.3. The summed E-state index contributed by atoms with van der Waals surface area (Å²) in [7, 11) is -1.25. The van der Waals surface area contributed by atoms with Crippen LogP contribution in [0.5, 0.6) is 5.88 Å². The lowest BCUT2D eigenvalue weighted by atomic mass is 10.0. The summed E-state index contributed by atoms with van der Waals surface area (Å²) in [5, 5.41) is 0. The lowest BCUT2D eigenvalue weighted by Crippen LogP contribution is -2.22. The fraction of sp³-hybridized carbons (Fsp3) is 0.545. The Morgan fingerprint density at radius 3 is 2.68 bits per heavy atom. The number of rotatable bonds is 7. The second-order valence-electron chi connectivity index (χ2n) is 9.49. The fourth-order valence-electron chi connectivity index (χ4n) is 3.99. The molecule has 0 amide bonds. The molecule has 0 aliphatic carbocycles. The van der Waals surface area contributed by atoms with Crippen LogP contribution in [-0.2, 0) is 4.74 Å². The van der Waals surface area contributed by atoms with Crippen LogP contribution in [0, 0.1) is 5.92 Å². The van der Waals surface area contributed by atoms with Crippen molar-refractivity contribution in [3.05, 3.63) is 24.4 Å². The molecule has 1 aliphatic rings. The molecule has 3 aromatic heterocycles. The Balaban J connectivity index is 1.82. The molecule has 1 fully saturated rings. The topological polar surface area (TPSA) is 101 Å². The number of nitrogen functional groups attached to an aromatic ring is 1. The minimum Gasteiger partial charge on any atom is -0.476 e. The largest absolute Gasteiger partial charge is 0.476 e. The molecule has 8 nitrogen and oxygen atoms in total. The average molecular weight is 441 g/mol. The van der Waals surface area contributed by atoms with Crippen molar-refractivity contribution in [1.29, 1.82) is 0 Å². The van der Waals surface area contributed by atoms with Gasteiger partial charge in [-0.1, -0.05) is 39.6 Å². The van der Waals surface area contributed by atoms with Crippen LogP contribution < -0.4 is 10.5 Å². The predicted molar refractivity (Wildman–Crippen MR) is 125 cm³/mol. The van der Waals surface area contributed by atoms with Crippen molar-refractivity contribution in [2.24, 2.45) is 5.92 Å². The lowest BCUT2D eigenvalue weighted by Gasteiger charge is -2.17. The summed E-state index contributed by atoms with van der Waals surface area (Å²) in [5.74, 6) is 1.73. The first-order valence-corrected chi connectivity index (χ1v) is 14.7. The number of nitrogens with zero attached hydrogens (tertiary/aromatic N) is 5. The molecule has 3 atom stereocenters. The second kappa shape index (κ2) is 8.55. The van der Waals surface area contributed by atoms with Crippen molar-refractivity contribution in [3.8, 4) is 17.4 Å². The van der Waals surface area contributed by atoms with Crippen LogP contribution in [0.1, 0.15) is 32.9 Å². The van der Waals surface area contributed by atoms with Crippen molar-refractivity contribution < 1.29 is 9.47 Å². The Bertz CT molecular complexity index is 1050. The first-order chi connectivity index (χ1) is 14.8. The highest BCUT2D eigenvalue weighted by molar-refractivity contribution is 6.76. The van der Waals surface area contributed by atoms with E-state index in [1.165, 1.54) is 0 Å². The zero-order chi connectivity index (χ0) is 22.2. The average Bonchev–Trinajstić information content (AvgIpc) is 3.27. The molecule has 0 radical (unpaired) electrons. The minimum atomic E-state index is -1.25. The maximum atomic E-state index is 6.40. The molecule has 0 bridgehead atoms. The summed E-state index contributed by atoms with van der Waals surface area (Å²) in [6.45, 7) is 11.9. The SMILES string of the molecule is CCC1OC(n2c(-c3ccccn3)nc3c(OCC[Si](C)(C)C)nc(N)nc32)CC1C. The van der Waals surface area contributed by atoms with Crippen LogP contribution >= 0.6 is 0 Å². The maximum absolute atomic E-state index is 6.40. The van der Waals surface area contributed by atoms with E-state index in [-0.39, 0.29) is 18.3 Å². The molecule has 4 heterocycles. The van der Waals surface area contributed by atoms with Gasteiger partial charge in [0.1, 0.15) is 11.9 Å². The summed E-state index contributed by atoms with van der Waals surface area (Å²) in [6.07, 6.45) is 3.61. The Hall–Kier alpha value is -2.52. The van der Waals surface area contributed by atoms with E-state index in [1.54, 1.807) is 6.20 Å². The standard InChI is InChI=1S/C22H32N6O2Si/c1-6-16-14(2)13-17(30-16)28-19(15-9-7-8-10-24-15)25-18-20(28)26-22(23)27-21(18)29-11-12-31(3,4)5/h7-10,14,16-17H,6,11-13H2,1-5H3,(H2,23,26,27). The van der Waals surface area contributed by atoms with Crippen molar-refractivity contribution in [3.63, 3.8) is 0 Å². The normalized spacial score (nSPS) is 21.6. The summed E-state index contributed by atoms with van der Waals surface area (Å²) in [4.78, 5) is 18.3. The molecule has 166 valence electrons. The van der Waals surface area contributed by atoms with Gasteiger partial charge in [0.25, 0.3) is 0 Å². The van der Waals surface area contributed by atoms with Gasteiger partial charge < -0.3 is 15.2 Å². The van der Waals surface area contributed by atoms with Crippen LogP contribution in [0.2, 0.25) is 25.7 Å². The molecule has 0 spiro atoms. The summed E-state index contributed by atoms with van der Waals surface area (Å²) < 4.78 is 14.5. The first-order valence-electron chi connectivity index (χ1n) is 11.0. The zero-order valence-electron chi connectivity index (χ0n) is 19.0. The fourth-order valence-corrected chi connectivity index (χ4v) is 4.71. The number of anilines is 1. The Labute approximate surface area is 184 Å². The number of imidazole rings is 1. The van der Waals surface area contributed by atoms with Crippen LogP contribution in [0.3, 0.4) is 0 Å². The van der Waals surface area contributed by atoms with Crippen molar-refractivity contribution >= 4 is 25.2 Å². The summed E-state index contributed by atoms with van der Waals surface area (Å²) in [6, 6.07) is 6.80. The van der Waals surface area contributed by atoms with Crippen LogP contribution in [0.25, 0.3) is 22.7 Å². The van der Waals surface area contributed by atoms with Crippen molar-refractivity contribution in [1.82, 2.24) is 24.5 Å². The molecule has 3 unspecified atom stereocenters. The van der Waals surface area contributed by atoms with E-state index in [2.05, 4.69) is 48.4 Å². The third-order valence-corrected chi connectivity index (χ3v) is 7.44. The van der Waals surface area contributed by atoms with Gasteiger partial charge in [0.05, 0.1) is 12.7 Å². The third kappa shape index (κ3) is 4.57. The molecule has 1 aliphatic heterocycles. The van der Waals surface area contributed by atoms with E-state index in [1.807, 2.05) is 22.8 Å². The molecule has 9 heteroatoms. The van der Waals surface area contributed by atoms with Gasteiger partial charge >= 0.3 is 0 Å². The second-order valence-corrected chi connectivity index (χ2v) is 15.1. The smallest absolute Gasteiger partial charge is 0.247 e. The predicted octanol–water partition coefficient (Wildman–Crippen LogP) is 4.52. The Morgan fingerprint density at radius 2 is 2.03 bits per heavy atom. The van der Waals surface area contributed by atoms with Gasteiger partial charge in [0.2, 0.25) is 11.8 Å². The van der Waals surface area contributed by atoms with Crippen molar-refractivity contribution in [2.75, 3.05) is 12.3 Å². The molecule has 3 aromatic rings. The molecule has 4 rings (SSSR count). The quantitative estimate of drug-likeness (QED) is 0.539. The molecule has 0 saturated carbocycles. The zero-order valence-corrected chi connectivity index (χ0v) is 20.0. The molecular formula is C22H32N6O2Si. The number of hydrogen-bond acceptors (Lipinski definition) is 7. The molecular weight excluding hydrogens is 408 g/mol. The third-order valence-electron chi connectivity index (χ3n) is 5.74. The first kappa shape index (κ1) is 21.7. The van der Waals surface area contributed by atoms with Crippen LogP contribution in [-0.4, -0.2) is 45.3 Å². The highest BCUT2D eigenvalue weighted by Crippen LogP contribution is 2.40. The van der Waals surface area contributed by atoms with Gasteiger partial charge in [-0.2, -0.15) is 9.97 Å². The van der Waals surface area contributed by atoms with Crippen LogP contribution in [0.4, 0.5) is 5.95 Å². The van der Waals surface area contributed by atoms with Gasteiger partial charge in [-0.3, -0.25) is 9.55 Å². The Kier molecular flexibility index (Phi) is 5.98. The molecule has 1 saturated heterocycles. The highest BCUT2D eigenvalue weighted by Gasteiger charge is 2.35. The summed E-state index contributed by atoms with van der Waals surface area (Å²) >= 11 is 0. The minimum absolute atomic E-state index is 0.169. The van der Waals surface area contributed by atoms with E-state index in [0.29, 0.717) is 35.4 Å².